The standard InChI is InChI=1S/C13H24N2S/c1-10(13(2,3)4)6-11(14-5)7-12-8-15-9-16-12/h8-11,14H,6-7H2,1-5H3. The van der Waals surface area contributed by atoms with Crippen LogP contribution in [0.25, 0.3) is 0 Å². The average molecular weight is 240 g/mol. The molecule has 0 aromatic carbocycles. The number of nitrogens with one attached hydrogen (secondary N) is 1. The van der Waals surface area contributed by atoms with Crippen LogP contribution in [0.2, 0.25) is 0 Å². The normalized spacial score (nSPS) is 16.1. The maximum atomic E-state index is 4.13. The van der Waals surface area contributed by atoms with E-state index in [-0.39, 0.29) is 0 Å². The summed E-state index contributed by atoms with van der Waals surface area (Å²) >= 11 is 1.75. The van der Waals surface area contributed by atoms with Crippen molar-refractivity contribution in [2.24, 2.45) is 11.3 Å². The van der Waals surface area contributed by atoms with Gasteiger partial charge in [0.25, 0.3) is 0 Å². The van der Waals surface area contributed by atoms with Gasteiger partial charge in [0.1, 0.15) is 0 Å². The lowest BCUT2D eigenvalue weighted by Gasteiger charge is -2.30. The molecule has 16 heavy (non-hydrogen) atoms. The Morgan fingerprint density at radius 2 is 2.12 bits per heavy atom. The fourth-order valence-corrected chi connectivity index (χ4v) is 2.35. The molecular formula is C13H24N2S. The molecule has 1 aromatic heterocycles. The van der Waals surface area contributed by atoms with E-state index in [1.165, 1.54) is 11.3 Å². The monoisotopic (exact) mass is 240 g/mol. The summed E-state index contributed by atoms with van der Waals surface area (Å²) in [4.78, 5) is 5.50. The number of hydrogen-bond acceptors (Lipinski definition) is 3. The van der Waals surface area contributed by atoms with E-state index in [9.17, 15) is 0 Å². The molecule has 0 amide bonds. The Morgan fingerprint density at radius 3 is 2.56 bits per heavy atom. The van der Waals surface area contributed by atoms with Gasteiger partial charge in [-0.15, -0.1) is 11.3 Å². The van der Waals surface area contributed by atoms with Crippen LogP contribution < -0.4 is 5.32 Å². The summed E-state index contributed by atoms with van der Waals surface area (Å²) in [6.45, 7) is 9.29. The predicted molar refractivity (Wildman–Crippen MR) is 71.9 cm³/mol. The highest BCUT2D eigenvalue weighted by Gasteiger charge is 2.23. The number of nitrogens with zero attached hydrogens (tertiary/aromatic N) is 1. The van der Waals surface area contributed by atoms with E-state index in [2.05, 4.69) is 45.0 Å². The quantitative estimate of drug-likeness (QED) is 0.854. The zero-order chi connectivity index (χ0) is 12.2. The smallest absolute Gasteiger partial charge is 0.0794 e. The van der Waals surface area contributed by atoms with E-state index in [4.69, 9.17) is 0 Å². The highest BCUT2D eigenvalue weighted by molar-refractivity contribution is 7.09. The van der Waals surface area contributed by atoms with E-state index >= 15 is 0 Å². The van der Waals surface area contributed by atoms with Crippen LogP contribution in [0.3, 0.4) is 0 Å². The van der Waals surface area contributed by atoms with E-state index in [0.29, 0.717) is 11.5 Å². The minimum atomic E-state index is 0.392. The summed E-state index contributed by atoms with van der Waals surface area (Å²) in [5.74, 6) is 0.720. The van der Waals surface area contributed by atoms with Gasteiger partial charge < -0.3 is 5.32 Å². The van der Waals surface area contributed by atoms with Crippen molar-refractivity contribution in [2.75, 3.05) is 7.05 Å². The van der Waals surface area contributed by atoms with E-state index in [1.807, 2.05) is 11.7 Å². The maximum absolute atomic E-state index is 4.13. The average Bonchev–Trinajstić information content (AvgIpc) is 2.67. The Bertz CT molecular complexity index is 287. The van der Waals surface area contributed by atoms with Crippen molar-refractivity contribution in [3.8, 4) is 0 Å². The van der Waals surface area contributed by atoms with Gasteiger partial charge in [0, 0.05) is 17.1 Å². The first kappa shape index (κ1) is 13.7. The molecule has 0 fully saturated rings. The second-order valence-electron chi connectivity index (χ2n) is 5.66. The topological polar surface area (TPSA) is 24.9 Å². The van der Waals surface area contributed by atoms with E-state index in [0.717, 1.165) is 12.3 Å². The molecule has 92 valence electrons. The van der Waals surface area contributed by atoms with Crippen molar-refractivity contribution in [1.29, 1.82) is 0 Å². The molecule has 0 aliphatic heterocycles. The molecule has 2 unspecified atom stereocenters. The van der Waals surface area contributed by atoms with E-state index < -0.39 is 0 Å². The molecule has 0 aliphatic rings. The maximum Gasteiger partial charge on any atom is 0.0794 e. The highest BCUT2D eigenvalue weighted by Crippen LogP contribution is 2.29. The number of hydrogen-bond donors (Lipinski definition) is 1. The molecule has 2 nitrogen and oxygen atoms in total. The first-order valence-corrected chi connectivity index (χ1v) is 6.86. The highest BCUT2D eigenvalue weighted by atomic mass is 32.1. The Hall–Kier alpha value is -0.410. The summed E-state index contributed by atoms with van der Waals surface area (Å²) in [7, 11) is 2.06. The number of rotatable bonds is 5. The van der Waals surface area contributed by atoms with Gasteiger partial charge in [-0.05, 0) is 31.2 Å². The molecule has 0 radical (unpaired) electrons. The van der Waals surface area contributed by atoms with Gasteiger partial charge in [-0.3, -0.25) is 4.98 Å². The van der Waals surface area contributed by atoms with Crippen LogP contribution in [-0.4, -0.2) is 18.1 Å². The van der Waals surface area contributed by atoms with Crippen LogP contribution in [0.15, 0.2) is 11.7 Å². The third kappa shape index (κ3) is 4.22. The van der Waals surface area contributed by atoms with Crippen LogP contribution in [0, 0.1) is 11.3 Å². The Kier molecular flexibility index (Phi) is 4.93. The lowest BCUT2D eigenvalue weighted by Crippen LogP contribution is -2.32. The van der Waals surface area contributed by atoms with Gasteiger partial charge in [0.15, 0.2) is 0 Å². The second kappa shape index (κ2) is 5.78. The van der Waals surface area contributed by atoms with Crippen molar-refractivity contribution in [3.05, 3.63) is 16.6 Å². The van der Waals surface area contributed by atoms with Gasteiger partial charge in [0.05, 0.1) is 5.51 Å². The van der Waals surface area contributed by atoms with Gasteiger partial charge in [-0.2, -0.15) is 0 Å². The molecule has 1 N–H and O–H groups in total. The largest absolute Gasteiger partial charge is 0.317 e. The Morgan fingerprint density at radius 1 is 1.44 bits per heavy atom. The van der Waals surface area contributed by atoms with Crippen molar-refractivity contribution >= 4 is 11.3 Å². The van der Waals surface area contributed by atoms with Crippen molar-refractivity contribution in [1.82, 2.24) is 10.3 Å². The molecule has 0 saturated heterocycles. The Balaban J connectivity index is 2.49. The van der Waals surface area contributed by atoms with Crippen molar-refractivity contribution in [3.63, 3.8) is 0 Å². The molecule has 1 rings (SSSR count). The molecule has 0 bridgehead atoms. The molecule has 0 saturated carbocycles. The molecule has 0 spiro atoms. The van der Waals surface area contributed by atoms with E-state index in [1.54, 1.807) is 11.3 Å². The molecule has 1 aromatic rings. The van der Waals surface area contributed by atoms with Crippen LogP contribution in [0.4, 0.5) is 0 Å². The lowest BCUT2D eigenvalue weighted by atomic mass is 9.78. The van der Waals surface area contributed by atoms with Gasteiger partial charge in [-0.25, -0.2) is 0 Å². The molecule has 0 aliphatic carbocycles. The van der Waals surface area contributed by atoms with Crippen LogP contribution in [0.5, 0.6) is 0 Å². The zero-order valence-corrected chi connectivity index (χ0v) is 11.9. The molecule has 1 heterocycles. The summed E-state index contributed by atoms with van der Waals surface area (Å²) in [6, 6.07) is 0.565. The summed E-state index contributed by atoms with van der Waals surface area (Å²) < 4.78 is 0. The Labute approximate surface area is 103 Å². The van der Waals surface area contributed by atoms with Crippen LogP contribution in [0.1, 0.15) is 39.0 Å². The minimum absolute atomic E-state index is 0.392. The van der Waals surface area contributed by atoms with Crippen molar-refractivity contribution in [2.45, 2.75) is 46.6 Å². The van der Waals surface area contributed by atoms with Crippen molar-refractivity contribution < 1.29 is 0 Å². The van der Waals surface area contributed by atoms with Gasteiger partial charge in [0.2, 0.25) is 0 Å². The minimum Gasteiger partial charge on any atom is -0.317 e. The fraction of sp³-hybridized carbons (Fsp3) is 0.769. The first-order valence-electron chi connectivity index (χ1n) is 5.98. The zero-order valence-electron chi connectivity index (χ0n) is 11.1. The third-order valence-corrected chi connectivity index (χ3v) is 4.26. The van der Waals surface area contributed by atoms with Gasteiger partial charge in [-0.1, -0.05) is 27.7 Å². The second-order valence-corrected chi connectivity index (χ2v) is 6.63. The summed E-state index contributed by atoms with van der Waals surface area (Å²) in [5.41, 5.74) is 2.30. The van der Waals surface area contributed by atoms with Gasteiger partial charge >= 0.3 is 0 Å². The predicted octanol–water partition coefficient (Wildman–Crippen LogP) is 3.35. The number of thiazole rings is 1. The van der Waals surface area contributed by atoms with Crippen LogP contribution >= 0.6 is 11.3 Å². The first-order chi connectivity index (χ1) is 7.43. The number of likely N-dealkylation sites (N-methyl/N-ethyl adjacent to an activating group) is 1. The third-order valence-electron chi connectivity index (χ3n) is 3.46. The molecular weight excluding hydrogens is 216 g/mol. The molecule has 3 heteroatoms. The lowest BCUT2D eigenvalue weighted by molar-refractivity contribution is 0.225. The summed E-state index contributed by atoms with van der Waals surface area (Å²) in [6.07, 6.45) is 4.30. The van der Waals surface area contributed by atoms with Crippen LogP contribution in [-0.2, 0) is 6.42 Å². The summed E-state index contributed by atoms with van der Waals surface area (Å²) in [5, 5.41) is 3.42. The number of aromatic nitrogens is 1. The molecule has 2 atom stereocenters. The fourth-order valence-electron chi connectivity index (χ4n) is 1.67. The SMILES string of the molecule is CNC(Cc1cncs1)CC(C)C(C)(C)C.